The SMILES string of the molecule is CP(C)(=O)c1ccc(-c2cnc3c(n2)N(Cc2ccc4ncccc4c2)NN3)cc1F. The summed E-state index contributed by atoms with van der Waals surface area (Å²) >= 11 is 0. The number of anilines is 2. The number of hydrazine groups is 2. The van der Waals surface area contributed by atoms with Crippen molar-refractivity contribution in [3.63, 3.8) is 0 Å². The summed E-state index contributed by atoms with van der Waals surface area (Å²) in [5.74, 6) is 0.714. The van der Waals surface area contributed by atoms with Gasteiger partial charge in [0.05, 0.1) is 24.0 Å². The van der Waals surface area contributed by atoms with Crippen LogP contribution in [0, 0.1) is 5.82 Å². The van der Waals surface area contributed by atoms with Gasteiger partial charge < -0.3 is 4.57 Å². The maximum absolute atomic E-state index is 14.5. The Morgan fingerprint density at radius 1 is 1.10 bits per heavy atom. The highest BCUT2D eigenvalue weighted by molar-refractivity contribution is 7.70. The molecular weight excluding hydrogens is 414 g/mol. The standard InChI is InChI=1S/C22H20FN6OP/c1-31(2,30)20-8-6-16(11-17(20)23)19-12-25-21-22(26-19)29(28-27-21)13-14-5-7-18-15(10-14)4-3-9-24-18/h3-12,28H,13H2,1-2H3,(H,25,27). The lowest BCUT2D eigenvalue weighted by Gasteiger charge is -2.17. The molecule has 0 saturated heterocycles. The van der Waals surface area contributed by atoms with Gasteiger partial charge in [-0.2, -0.15) is 0 Å². The van der Waals surface area contributed by atoms with E-state index in [9.17, 15) is 8.96 Å². The lowest BCUT2D eigenvalue weighted by atomic mass is 10.1. The first kappa shape index (κ1) is 19.6. The molecule has 0 aliphatic carbocycles. The Labute approximate surface area is 178 Å². The Hall–Kier alpha value is -3.35. The van der Waals surface area contributed by atoms with Crippen LogP contribution in [0.2, 0.25) is 0 Å². The van der Waals surface area contributed by atoms with Crippen LogP contribution in [0.15, 0.2) is 60.9 Å². The van der Waals surface area contributed by atoms with Crippen LogP contribution in [-0.2, 0) is 11.1 Å². The maximum atomic E-state index is 14.5. The van der Waals surface area contributed by atoms with Crippen molar-refractivity contribution in [3.8, 4) is 11.3 Å². The molecule has 0 atom stereocenters. The van der Waals surface area contributed by atoms with E-state index in [1.54, 1.807) is 37.9 Å². The highest BCUT2D eigenvalue weighted by Crippen LogP contribution is 2.37. The zero-order valence-electron chi connectivity index (χ0n) is 17.0. The first-order valence-electron chi connectivity index (χ1n) is 9.74. The molecule has 7 nitrogen and oxygen atoms in total. The van der Waals surface area contributed by atoms with Crippen LogP contribution in [0.3, 0.4) is 0 Å². The van der Waals surface area contributed by atoms with Gasteiger partial charge in [0.2, 0.25) is 0 Å². The van der Waals surface area contributed by atoms with Gasteiger partial charge in [-0.3, -0.25) is 15.4 Å². The minimum Gasteiger partial charge on any atom is -0.319 e. The number of benzene rings is 2. The molecule has 0 spiro atoms. The monoisotopic (exact) mass is 434 g/mol. The number of pyridine rings is 1. The van der Waals surface area contributed by atoms with E-state index in [0.29, 0.717) is 29.4 Å². The number of rotatable bonds is 4. The van der Waals surface area contributed by atoms with Crippen LogP contribution in [0.25, 0.3) is 22.2 Å². The van der Waals surface area contributed by atoms with Crippen molar-refractivity contribution in [2.45, 2.75) is 6.54 Å². The van der Waals surface area contributed by atoms with Crippen LogP contribution in [0.4, 0.5) is 16.0 Å². The van der Waals surface area contributed by atoms with Crippen molar-refractivity contribution in [3.05, 3.63) is 72.3 Å². The van der Waals surface area contributed by atoms with Crippen LogP contribution in [0.1, 0.15) is 5.56 Å². The van der Waals surface area contributed by atoms with Gasteiger partial charge in [0.25, 0.3) is 0 Å². The van der Waals surface area contributed by atoms with Crippen molar-refractivity contribution in [1.82, 2.24) is 20.5 Å². The largest absolute Gasteiger partial charge is 0.319 e. The molecule has 0 amide bonds. The highest BCUT2D eigenvalue weighted by Gasteiger charge is 2.23. The van der Waals surface area contributed by atoms with Crippen molar-refractivity contribution >= 4 is 35.0 Å². The predicted octanol–water partition coefficient (Wildman–Crippen LogP) is 3.93. The quantitative estimate of drug-likeness (QED) is 0.471. The topological polar surface area (TPSA) is 83.0 Å². The van der Waals surface area contributed by atoms with Crippen LogP contribution in [0.5, 0.6) is 0 Å². The summed E-state index contributed by atoms with van der Waals surface area (Å²) in [7, 11) is -2.69. The molecule has 2 aromatic carbocycles. The van der Waals surface area contributed by atoms with E-state index in [1.807, 2.05) is 29.3 Å². The normalized spacial score (nSPS) is 13.3. The Bertz CT molecular complexity index is 1360. The molecule has 3 heterocycles. The summed E-state index contributed by atoms with van der Waals surface area (Å²) in [6.45, 7) is 3.65. The summed E-state index contributed by atoms with van der Waals surface area (Å²) in [5.41, 5.74) is 9.20. The molecule has 1 aliphatic rings. The minimum absolute atomic E-state index is 0.237. The number of hydrogen-bond acceptors (Lipinski definition) is 7. The van der Waals surface area contributed by atoms with Gasteiger partial charge in [0.15, 0.2) is 11.6 Å². The molecular formula is C22H20FN6OP. The van der Waals surface area contributed by atoms with Crippen LogP contribution in [-0.4, -0.2) is 28.3 Å². The third-order valence-corrected chi connectivity index (χ3v) is 6.67. The molecule has 2 aromatic heterocycles. The Balaban J connectivity index is 1.45. The number of halogens is 1. The summed E-state index contributed by atoms with van der Waals surface area (Å²) in [4.78, 5) is 13.5. The molecule has 156 valence electrons. The first-order chi connectivity index (χ1) is 14.9. The lowest BCUT2D eigenvalue weighted by Crippen LogP contribution is -2.35. The van der Waals surface area contributed by atoms with Gasteiger partial charge in [0, 0.05) is 22.5 Å². The summed E-state index contributed by atoms with van der Waals surface area (Å²) in [6.07, 6.45) is 3.36. The van der Waals surface area contributed by atoms with Crippen molar-refractivity contribution in [2.75, 3.05) is 23.8 Å². The van der Waals surface area contributed by atoms with Gasteiger partial charge >= 0.3 is 0 Å². The molecule has 2 N–H and O–H groups in total. The Morgan fingerprint density at radius 2 is 1.97 bits per heavy atom. The van der Waals surface area contributed by atoms with Gasteiger partial charge in [-0.25, -0.2) is 14.4 Å². The van der Waals surface area contributed by atoms with E-state index < -0.39 is 13.0 Å². The fraction of sp³-hybridized carbons (Fsp3) is 0.136. The smallest absolute Gasteiger partial charge is 0.190 e. The Kier molecular flexibility index (Phi) is 4.68. The highest BCUT2D eigenvalue weighted by atomic mass is 31.2. The molecule has 0 bridgehead atoms. The lowest BCUT2D eigenvalue weighted by molar-refractivity contribution is 0.584. The number of nitrogens with one attached hydrogen (secondary N) is 2. The van der Waals surface area contributed by atoms with E-state index in [0.717, 1.165) is 16.5 Å². The van der Waals surface area contributed by atoms with Crippen molar-refractivity contribution < 1.29 is 8.96 Å². The van der Waals surface area contributed by atoms with Gasteiger partial charge in [-0.05, 0) is 49.2 Å². The number of aromatic nitrogens is 3. The predicted molar refractivity (Wildman–Crippen MR) is 121 cm³/mol. The summed E-state index contributed by atoms with van der Waals surface area (Å²) in [6, 6.07) is 14.7. The van der Waals surface area contributed by atoms with E-state index in [-0.39, 0.29) is 5.30 Å². The second kappa shape index (κ2) is 7.41. The van der Waals surface area contributed by atoms with Crippen LogP contribution >= 0.6 is 7.14 Å². The molecule has 31 heavy (non-hydrogen) atoms. The van der Waals surface area contributed by atoms with Gasteiger partial charge in [0.1, 0.15) is 13.0 Å². The Morgan fingerprint density at radius 3 is 2.77 bits per heavy atom. The van der Waals surface area contributed by atoms with Crippen LogP contribution < -0.4 is 21.3 Å². The number of nitrogens with zero attached hydrogens (tertiary/aromatic N) is 4. The average molecular weight is 434 g/mol. The van der Waals surface area contributed by atoms with Crippen molar-refractivity contribution in [2.24, 2.45) is 0 Å². The van der Waals surface area contributed by atoms with Crippen molar-refractivity contribution in [1.29, 1.82) is 0 Å². The summed E-state index contributed by atoms with van der Waals surface area (Å²) < 4.78 is 26.8. The second-order valence-corrected chi connectivity index (χ2v) is 11.0. The average Bonchev–Trinajstić information content (AvgIpc) is 3.14. The molecule has 0 radical (unpaired) electrons. The van der Waals surface area contributed by atoms with Gasteiger partial charge in [-0.15, -0.1) is 5.53 Å². The zero-order chi connectivity index (χ0) is 21.6. The fourth-order valence-corrected chi connectivity index (χ4v) is 4.60. The van der Waals surface area contributed by atoms with E-state index in [2.05, 4.69) is 32.0 Å². The molecule has 0 fully saturated rings. The molecule has 9 heteroatoms. The van der Waals surface area contributed by atoms with E-state index in [4.69, 9.17) is 0 Å². The third-order valence-electron chi connectivity index (χ3n) is 5.15. The molecule has 4 aromatic rings. The third kappa shape index (κ3) is 3.76. The van der Waals surface area contributed by atoms with E-state index in [1.165, 1.54) is 6.07 Å². The zero-order valence-corrected chi connectivity index (χ0v) is 17.9. The van der Waals surface area contributed by atoms with E-state index >= 15 is 0 Å². The first-order valence-corrected chi connectivity index (χ1v) is 12.3. The molecule has 1 aliphatic heterocycles. The fourth-order valence-electron chi connectivity index (χ4n) is 3.59. The molecule has 0 unspecified atom stereocenters. The maximum Gasteiger partial charge on any atom is 0.190 e. The molecule has 5 rings (SSSR count). The number of hydrogen-bond donors (Lipinski definition) is 2. The minimum atomic E-state index is -2.69. The second-order valence-electron chi connectivity index (χ2n) is 7.80. The molecule has 0 saturated carbocycles. The number of fused-ring (bicyclic) bond motifs is 2. The summed E-state index contributed by atoms with van der Waals surface area (Å²) in [5, 5.41) is 3.15. The van der Waals surface area contributed by atoms with Gasteiger partial charge in [-0.1, -0.05) is 18.2 Å².